The van der Waals surface area contributed by atoms with E-state index in [2.05, 4.69) is 20.6 Å². The summed E-state index contributed by atoms with van der Waals surface area (Å²) < 4.78 is 60.4. The highest BCUT2D eigenvalue weighted by Gasteiger charge is 2.35. The molecule has 1 aromatic heterocycles. The zero-order valence-corrected chi connectivity index (χ0v) is 23.5. The van der Waals surface area contributed by atoms with Gasteiger partial charge in [0.25, 0.3) is 5.91 Å². The molecule has 1 amide bonds. The van der Waals surface area contributed by atoms with E-state index in [0.29, 0.717) is 40.0 Å². The Bertz CT molecular complexity index is 1400. The van der Waals surface area contributed by atoms with Crippen LogP contribution in [0.2, 0.25) is 0 Å². The fourth-order valence-electron chi connectivity index (χ4n) is 3.76. The monoisotopic (exact) mass is 564 g/mol. The normalized spacial score (nSPS) is 12.1. The maximum Gasteiger partial charge on any atom is 0.421 e. The number of rotatable bonds is 9. The molecule has 2 aromatic carbocycles. The summed E-state index contributed by atoms with van der Waals surface area (Å²) in [5.74, 6) is -0.459. The molecule has 210 valence electrons. The van der Waals surface area contributed by atoms with Gasteiger partial charge in [0.15, 0.2) is 0 Å². The first kappa shape index (κ1) is 29.7. The number of carbonyl (C=O) groups excluding carboxylic acids is 1. The quantitative estimate of drug-likeness (QED) is 0.381. The number of amides is 1. The topological polar surface area (TPSA) is 99.7 Å². The maximum atomic E-state index is 13.8. The van der Waals surface area contributed by atoms with E-state index in [4.69, 9.17) is 4.74 Å². The van der Waals surface area contributed by atoms with Crippen LogP contribution in [0.5, 0.6) is 5.75 Å². The Morgan fingerprint density at radius 1 is 1.13 bits per heavy atom. The van der Waals surface area contributed by atoms with Gasteiger partial charge in [0, 0.05) is 45.7 Å². The molecule has 0 bridgehead atoms. The van der Waals surface area contributed by atoms with Crippen molar-refractivity contribution in [3.05, 3.63) is 64.3 Å². The first-order valence-electron chi connectivity index (χ1n) is 11.7. The summed E-state index contributed by atoms with van der Waals surface area (Å²) >= 11 is 0. The van der Waals surface area contributed by atoms with Gasteiger partial charge in [-0.2, -0.15) is 18.2 Å². The minimum absolute atomic E-state index is 0.0134. The fraction of sp³-hybridized carbons (Fsp3) is 0.346. The van der Waals surface area contributed by atoms with Crippen molar-refractivity contribution in [2.45, 2.75) is 26.6 Å². The summed E-state index contributed by atoms with van der Waals surface area (Å²) in [6.07, 6.45) is -2.49. The minimum atomic E-state index is -4.71. The molecule has 0 fully saturated rings. The van der Waals surface area contributed by atoms with E-state index in [9.17, 15) is 22.2 Å². The van der Waals surface area contributed by atoms with Crippen LogP contribution in [-0.4, -0.2) is 59.5 Å². The Labute approximate surface area is 228 Å². The predicted octanol–water partition coefficient (Wildman–Crippen LogP) is 4.91. The van der Waals surface area contributed by atoms with Crippen LogP contribution in [0.1, 0.15) is 32.6 Å². The average molecular weight is 565 g/mol. The highest BCUT2D eigenvalue weighted by molar-refractivity contribution is 7.85. The van der Waals surface area contributed by atoms with Gasteiger partial charge in [-0.25, -0.2) is 9.19 Å². The molecule has 39 heavy (non-hydrogen) atoms. The molecule has 3 rings (SSSR count). The van der Waals surface area contributed by atoms with Crippen LogP contribution in [0.4, 0.5) is 36.3 Å². The number of hydrogen-bond acceptors (Lipinski definition) is 7. The van der Waals surface area contributed by atoms with Gasteiger partial charge in [0.2, 0.25) is 5.95 Å². The number of alkyl halides is 3. The number of aryl methyl sites for hydroxylation is 2. The molecule has 0 aliphatic carbocycles. The highest BCUT2D eigenvalue weighted by Crippen LogP contribution is 2.36. The van der Waals surface area contributed by atoms with Crippen LogP contribution in [0, 0.1) is 13.8 Å². The summed E-state index contributed by atoms with van der Waals surface area (Å²) in [4.78, 5) is 21.9. The second-order valence-corrected chi connectivity index (χ2v) is 10.4. The van der Waals surface area contributed by atoms with Gasteiger partial charge in [0.1, 0.15) is 28.1 Å². The molecule has 0 aliphatic heterocycles. The van der Waals surface area contributed by atoms with Gasteiger partial charge in [-0.15, -0.1) is 0 Å². The van der Waals surface area contributed by atoms with Crippen LogP contribution >= 0.6 is 0 Å². The third kappa shape index (κ3) is 6.96. The number of anilines is 4. The number of carbonyl (C=O) groups is 1. The lowest BCUT2D eigenvalue weighted by Gasteiger charge is -2.21. The minimum Gasteiger partial charge on any atom is -0.495 e. The average Bonchev–Trinajstić information content (AvgIpc) is 2.86. The molecule has 1 atom stereocenters. The second kappa shape index (κ2) is 11.9. The Morgan fingerprint density at radius 3 is 2.41 bits per heavy atom. The smallest absolute Gasteiger partial charge is 0.421 e. The predicted molar refractivity (Wildman–Crippen MR) is 147 cm³/mol. The summed E-state index contributed by atoms with van der Waals surface area (Å²) in [7, 11) is 4.99. The van der Waals surface area contributed by atoms with Gasteiger partial charge in [0.05, 0.1) is 18.5 Å². The van der Waals surface area contributed by atoms with E-state index < -0.39 is 28.5 Å². The molecule has 0 radical (unpaired) electrons. The number of ether oxygens (including phenoxy) is 1. The fourth-order valence-corrected chi connectivity index (χ4v) is 4.21. The van der Waals surface area contributed by atoms with E-state index >= 15 is 0 Å². The van der Waals surface area contributed by atoms with E-state index in [1.54, 1.807) is 50.6 Å². The lowest BCUT2D eigenvalue weighted by Crippen LogP contribution is -2.22. The molecule has 1 unspecified atom stereocenters. The second-order valence-electron chi connectivity index (χ2n) is 9.05. The Kier molecular flexibility index (Phi) is 9.05. The van der Waals surface area contributed by atoms with Crippen molar-refractivity contribution in [3.63, 3.8) is 0 Å². The number of methoxy groups -OCH3 is 1. The van der Waals surface area contributed by atoms with E-state index in [1.165, 1.54) is 18.3 Å². The lowest BCUT2D eigenvalue weighted by molar-refractivity contribution is -0.137. The van der Waals surface area contributed by atoms with Crippen LogP contribution in [0.3, 0.4) is 0 Å². The van der Waals surface area contributed by atoms with Crippen LogP contribution in [0.15, 0.2) is 36.5 Å². The molecule has 1 heterocycles. The number of hydrogen-bond donors (Lipinski definition) is 2. The van der Waals surface area contributed by atoms with Crippen LogP contribution < -0.4 is 19.7 Å². The van der Waals surface area contributed by atoms with Gasteiger partial charge < -0.3 is 20.3 Å². The van der Waals surface area contributed by atoms with Crippen molar-refractivity contribution in [2.75, 3.05) is 49.4 Å². The number of benzene rings is 2. The first-order valence-corrected chi connectivity index (χ1v) is 13.3. The molecule has 2 N–H and O–H groups in total. The molecule has 3 aromatic rings. The van der Waals surface area contributed by atoms with Gasteiger partial charge in [-0.05, 0) is 48.7 Å². The van der Waals surface area contributed by atoms with Crippen LogP contribution in [-0.2, 0) is 23.7 Å². The SMILES string of the molecule is COc1cc(C(=O)N(C)C)c(C)cc1Nc1ncc(C(F)(F)F)c(NCc2ccc(C)cc2N(C)S(C)=O)n1. The van der Waals surface area contributed by atoms with E-state index in [0.717, 1.165) is 5.56 Å². The number of halogens is 3. The van der Waals surface area contributed by atoms with Crippen LogP contribution in [0.25, 0.3) is 0 Å². The molecule has 9 nitrogen and oxygen atoms in total. The summed E-state index contributed by atoms with van der Waals surface area (Å²) in [6, 6.07) is 8.59. The van der Waals surface area contributed by atoms with Gasteiger partial charge in [-0.3, -0.25) is 9.10 Å². The van der Waals surface area contributed by atoms with Crippen molar-refractivity contribution in [3.8, 4) is 5.75 Å². The van der Waals surface area contributed by atoms with Crippen molar-refractivity contribution >= 4 is 40.0 Å². The largest absolute Gasteiger partial charge is 0.495 e. The zero-order chi connectivity index (χ0) is 29.1. The van der Waals surface area contributed by atoms with E-state index in [1.807, 2.05) is 19.1 Å². The standard InChI is InChI=1S/C26H31F3N6O3S/c1-15-8-9-17(21(10-15)35(5)39(7)37)13-30-23-19(26(27,28)29)14-31-25(33-23)32-20-11-16(2)18(12-22(20)38-6)24(36)34(3)4/h8-12,14H,13H2,1-7H3,(H2,30,31,32,33). The summed E-state index contributed by atoms with van der Waals surface area (Å²) in [5.41, 5.74) is 2.57. The summed E-state index contributed by atoms with van der Waals surface area (Å²) in [5, 5.41) is 5.68. The Balaban J connectivity index is 1.98. The highest BCUT2D eigenvalue weighted by atomic mass is 32.2. The third-order valence-corrected chi connectivity index (χ3v) is 6.90. The molecule has 0 saturated heterocycles. The molecular formula is C26H31F3N6O3S. The molecule has 0 saturated carbocycles. The van der Waals surface area contributed by atoms with Crippen molar-refractivity contribution in [1.82, 2.24) is 14.9 Å². The van der Waals surface area contributed by atoms with Gasteiger partial charge >= 0.3 is 6.18 Å². The van der Waals surface area contributed by atoms with Crippen molar-refractivity contribution < 1.29 is 26.9 Å². The number of aromatic nitrogens is 2. The molecular weight excluding hydrogens is 533 g/mol. The number of nitrogens with one attached hydrogen (secondary N) is 2. The van der Waals surface area contributed by atoms with Crippen molar-refractivity contribution in [2.24, 2.45) is 0 Å². The Hall–Kier alpha value is -3.87. The molecule has 13 heteroatoms. The molecule has 0 aliphatic rings. The molecule has 0 spiro atoms. The zero-order valence-electron chi connectivity index (χ0n) is 22.7. The van der Waals surface area contributed by atoms with Gasteiger partial charge in [-0.1, -0.05) is 12.1 Å². The third-order valence-electron chi connectivity index (χ3n) is 5.94. The first-order chi connectivity index (χ1) is 18.2. The summed E-state index contributed by atoms with van der Waals surface area (Å²) in [6.45, 7) is 3.60. The maximum absolute atomic E-state index is 13.8. The Morgan fingerprint density at radius 2 is 1.82 bits per heavy atom. The number of nitrogens with zero attached hydrogens (tertiary/aromatic N) is 4. The lowest BCUT2D eigenvalue weighted by atomic mass is 10.1. The van der Waals surface area contributed by atoms with E-state index in [-0.39, 0.29) is 18.4 Å². The van der Waals surface area contributed by atoms with Crippen molar-refractivity contribution in [1.29, 1.82) is 0 Å².